The lowest BCUT2D eigenvalue weighted by molar-refractivity contribution is -0.134. The molecule has 2 N–H and O–H groups in total. The number of methoxy groups -OCH3 is 1. The van der Waals surface area contributed by atoms with Crippen LogP contribution in [-0.4, -0.2) is 23.3 Å². The summed E-state index contributed by atoms with van der Waals surface area (Å²) < 4.78 is 4.42. The molecule has 1 unspecified atom stereocenters. The highest BCUT2D eigenvalue weighted by atomic mass is 16.5. The van der Waals surface area contributed by atoms with Crippen LogP contribution in [0.15, 0.2) is 35.8 Å². The maximum absolute atomic E-state index is 10.7. The Morgan fingerprint density at radius 3 is 2.93 bits per heavy atom. The number of hydrogen-bond acceptors (Lipinski definition) is 4. The molecule has 0 bridgehead atoms. The second kappa shape index (κ2) is 4.50. The number of allylic oxidation sites excluding steroid dienone is 4. The van der Waals surface area contributed by atoms with E-state index in [-0.39, 0.29) is 17.4 Å². The van der Waals surface area contributed by atoms with Crippen LogP contribution in [0.5, 0.6) is 0 Å². The number of ether oxygens (including phenoxy) is 1. The van der Waals surface area contributed by atoms with Crippen molar-refractivity contribution in [1.82, 2.24) is 0 Å². The highest BCUT2D eigenvalue weighted by Crippen LogP contribution is 2.21. The Labute approximate surface area is 81.8 Å². The van der Waals surface area contributed by atoms with Gasteiger partial charge in [-0.1, -0.05) is 12.2 Å². The van der Waals surface area contributed by atoms with E-state index in [9.17, 15) is 9.90 Å². The molecule has 1 aliphatic rings. The van der Waals surface area contributed by atoms with Crippen LogP contribution < -0.4 is 0 Å². The Morgan fingerprint density at radius 2 is 2.36 bits per heavy atom. The normalized spacial score (nSPS) is 21.6. The van der Waals surface area contributed by atoms with Crippen LogP contribution in [0, 0.1) is 5.92 Å². The van der Waals surface area contributed by atoms with Gasteiger partial charge >= 0.3 is 5.97 Å². The molecule has 0 heterocycles. The summed E-state index contributed by atoms with van der Waals surface area (Å²) in [7, 11) is 1.30. The van der Waals surface area contributed by atoms with Crippen LogP contribution >= 0.6 is 0 Å². The predicted octanol–water partition coefficient (Wildman–Crippen LogP) is 1.62. The smallest absolute Gasteiger partial charge is 0.330 e. The monoisotopic (exact) mass is 196 g/mol. The summed E-state index contributed by atoms with van der Waals surface area (Å²) >= 11 is 0. The van der Waals surface area contributed by atoms with Gasteiger partial charge < -0.3 is 14.9 Å². The molecule has 0 amide bonds. The second-order valence-corrected chi connectivity index (χ2v) is 2.94. The fourth-order valence-electron chi connectivity index (χ4n) is 1.11. The van der Waals surface area contributed by atoms with E-state index in [0.29, 0.717) is 6.42 Å². The Morgan fingerprint density at radius 1 is 1.64 bits per heavy atom. The minimum Gasteiger partial charge on any atom is -0.508 e. The number of aliphatic hydroxyl groups excluding tert-OH is 2. The molecule has 14 heavy (non-hydrogen) atoms. The van der Waals surface area contributed by atoms with Gasteiger partial charge in [-0.2, -0.15) is 0 Å². The van der Waals surface area contributed by atoms with E-state index < -0.39 is 5.97 Å². The van der Waals surface area contributed by atoms with Gasteiger partial charge in [0, 0.05) is 18.4 Å². The summed E-state index contributed by atoms with van der Waals surface area (Å²) in [6, 6.07) is 0. The van der Waals surface area contributed by atoms with Gasteiger partial charge in [0.2, 0.25) is 0 Å². The summed E-state index contributed by atoms with van der Waals surface area (Å²) in [6.45, 7) is 0. The standard InChI is InChI=1S/C10H12O4/c1-14-10(13)5-3-7-2-4-8(11)9(12)6-7/h2-5,7,11-12H,6H2,1H3. The molecule has 0 aromatic rings. The van der Waals surface area contributed by atoms with Crippen LogP contribution in [-0.2, 0) is 9.53 Å². The average molecular weight is 196 g/mol. The third-order valence-corrected chi connectivity index (χ3v) is 1.91. The van der Waals surface area contributed by atoms with Gasteiger partial charge in [0.1, 0.15) is 5.76 Å². The molecule has 0 saturated heterocycles. The fraction of sp³-hybridized carbons (Fsp3) is 0.300. The molecule has 0 fully saturated rings. The Bertz CT molecular complexity index is 312. The molecule has 1 rings (SSSR count). The van der Waals surface area contributed by atoms with Crippen LogP contribution in [0.2, 0.25) is 0 Å². The number of carbonyl (C=O) groups excluding carboxylic acids is 1. The zero-order valence-electron chi connectivity index (χ0n) is 7.80. The molecular formula is C10H12O4. The molecule has 0 aromatic heterocycles. The van der Waals surface area contributed by atoms with E-state index >= 15 is 0 Å². The van der Waals surface area contributed by atoms with Gasteiger partial charge in [-0.15, -0.1) is 0 Å². The van der Waals surface area contributed by atoms with Crippen molar-refractivity contribution in [2.75, 3.05) is 7.11 Å². The molecule has 0 aliphatic heterocycles. The first kappa shape index (κ1) is 10.4. The molecule has 4 nitrogen and oxygen atoms in total. The zero-order chi connectivity index (χ0) is 10.6. The Hall–Kier alpha value is -1.71. The highest BCUT2D eigenvalue weighted by Gasteiger charge is 2.12. The van der Waals surface area contributed by atoms with Crippen LogP contribution in [0.3, 0.4) is 0 Å². The molecule has 1 aliphatic carbocycles. The summed E-state index contributed by atoms with van der Waals surface area (Å²) in [6.07, 6.45) is 6.32. The SMILES string of the molecule is COC(=O)C=CC1C=CC(O)=C(O)C1. The number of esters is 1. The van der Waals surface area contributed by atoms with Crippen molar-refractivity contribution in [3.05, 3.63) is 35.8 Å². The lowest BCUT2D eigenvalue weighted by atomic mass is 9.98. The van der Waals surface area contributed by atoms with Crippen molar-refractivity contribution in [3.8, 4) is 0 Å². The first-order valence-corrected chi connectivity index (χ1v) is 4.19. The molecule has 0 radical (unpaired) electrons. The van der Waals surface area contributed by atoms with Gasteiger partial charge in [-0.05, 0) is 6.08 Å². The van der Waals surface area contributed by atoms with E-state index in [1.807, 2.05) is 0 Å². The molecule has 1 atom stereocenters. The van der Waals surface area contributed by atoms with Crippen molar-refractivity contribution in [2.45, 2.75) is 6.42 Å². The van der Waals surface area contributed by atoms with E-state index in [2.05, 4.69) is 4.74 Å². The van der Waals surface area contributed by atoms with Gasteiger partial charge in [-0.25, -0.2) is 4.79 Å². The summed E-state index contributed by atoms with van der Waals surface area (Å²) in [5.74, 6) is -0.693. The zero-order valence-corrected chi connectivity index (χ0v) is 7.80. The van der Waals surface area contributed by atoms with Crippen LogP contribution in [0.1, 0.15) is 6.42 Å². The minimum absolute atomic E-state index is 0.0629. The number of hydrogen-bond donors (Lipinski definition) is 2. The molecule has 76 valence electrons. The van der Waals surface area contributed by atoms with Crippen molar-refractivity contribution >= 4 is 5.97 Å². The van der Waals surface area contributed by atoms with Crippen molar-refractivity contribution < 1.29 is 19.7 Å². The lowest BCUT2D eigenvalue weighted by Gasteiger charge is -2.12. The van der Waals surface area contributed by atoms with Gasteiger partial charge in [0.05, 0.1) is 7.11 Å². The van der Waals surface area contributed by atoms with E-state index in [1.54, 1.807) is 12.2 Å². The first-order valence-electron chi connectivity index (χ1n) is 4.19. The molecule has 0 aromatic carbocycles. The number of carbonyl (C=O) groups is 1. The first-order chi connectivity index (χ1) is 6.63. The van der Waals surface area contributed by atoms with Gasteiger partial charge in [0.15, 0.2) is 5.76 Å². The van der Waals surface area contributed by atoms with Crippen molar-refractivity contribution in [2.24, 2.45) is 5.92 Å². The lowest BCUT2D eigenvalue weighted by Crippen LogP contribution is -2.04. The van der Waals surface area contributed by atoms with Crippen LogP contribution in [0.25, 0.3) is 0 Å². The van der Waals surface area contributed by atoms with Crippen LogP contribution in [0.4, 0.5) is 0 Å². The molecule has 0 saturated carbocycles. The maximum Gasteiger partial charge on any atom is 0.330 e. The maximum atomic E-state index is 10.7. The molecular weight excluding hydrogens is 184 g/mol. The third kappa shape index (κ3) is 2.65. The van der Waals surface area contributed by atoms with Crippen molar-refractivity contribution in [3.63, 3.8) is 0 Å². The average Bonchev–Trinajstić information content (AvgIpc) is 2.19. The topological polar surface area (TPSA) is 66.8 Å². The summed E-state index contributed by atoms with van der Waals surface area (Å²) in [5.41, 5.74) is 0. The Kier molecular flexibility index (Phi) is 3.34. The largest absolute Gasteiger partial charge is 0.508 e. The Balaban J connectivity index is 2.56. The number of aliphatic hydroxyl groups is 2. The van der Waals surface area contributed by atoms with E-state index in [1.165, 1.54) is 19.3 Å². The van der Waals surface area contributed by atoms with Gasteiger partial charge in [-0.3, -0.25) is 0 Å². The van der Waals surface area contributed by atoms with Crippen molar-refractivity contribution in [1.29, 1.82) is 0 Å². The van der Waals surface area contributed by atoms with E-state index in [4.69, 9.17) is 5.11 Å². The highest BCUT2D eigenvalue weighted by molar-refractivity contribution is 5.81. The molecule has 4 heteroatoms. The third-order valence-electron chi connectivity index (χ3n) is 1.91. The van der Waals surface area contributed by atoms with Gasteiger partial charge in [0.25, 0.3) is 0 Å². The quantitative estimate of drug-likeness (QED) is 0.520. The summed E-state index contributed by atoms with van der Waals surface area (Å²) in [5, 5.41) is 18.2. The fourth-order valence-corrected chi connectivity index (χ4v) is 1.11. The molecule has 0 spiro atoms. The second-order valence-electron chi connectivity index (χ2n) is 2.94. The number of rotatable bonds is 2. The summed E-state index contributed by atoms with van der Waals surface area (Å²) in [4.78, 5) is 10.7. The minimum atomic E-state index is -0.434. The van der Waals surface area contributed by atoms with E-state index in [0.717, 1.165) is 0 Å². The predicted molar refractivity (Wildman–Crippen MR) is 50.7 cm³/mol.